The molecule has 0 bridgehead atoms. The van der Waals surface area contributed by atoms with Gasteiger partial charge < -0.3 is 14.6 Å². The standard InChI is InChI=1S/C21H24O4/c22-20(23)21(12-15-24-16-13-21)18-8-10-19(11-9-18)25-14-4-7-17-5-2-1-3-6-17/h1-3,5-6,8-11H,4,7,12-16H2,(H,22,23). The summed E-state index contributed by atoms with van der Waals surface area (Å²) in [5.41, 5.74) is 1.31. The van der Waals surface area contributed by atoms with Crippen LogP contribution in [0.5, 0.6) is 5.75 Å². The summed E-state index contributed by atoms with van der Waals surface area (Å²) in [5.74, 6) is 0.0109. The van der Waals surface area contributed by atoms with Gasteiger partial charge in [0.1, 0.15) is 5.75 Å². The van der Waals surface area contributed by atoms with Crippen molar-refractivity contribution in [1.82, 2.24) is 0 Å². The van der Waals surface area contributed by atoms with E-state index in [1.54, 1.807) is 0 Å². The molecule has 0 atom stereocenters. The zero-order valence-corrected chi connectivity index (χ0v) is 14.3. The second-order valence-electron chi connectivity index (χ2n) is 6.46. The van der Waals surface area contributed by atoms with Gasteiger partial charge in [0.15, 0.2) is 0 Å². The van der Waals surface area contributed by atoms with Gasteiger partial charge in [-0.25, -0.2) is 0 Å². The van der Waals surface area contributed by atoms with Crippen LogP contribution in [-0.2, 0) is 21.4 Å². The van der Waals surface area contributed by atoms with Gasteiger partial charge in [0.2, 0.25) is 0 Å². The topological polar surface area (TPSA) is 55.8 Å². The molecule has 1 fully saturated rings. The molecule has 0 saturated carbocycles. The van der Waals surface area contributed by atoms with E-state index in [9.17, 15) is 9.90 Å². The third kappa shape index (κ3) is 4.20. The van der Waals surface area contributed by atoms with Gasteiger partial charge in [-0.1, -0.05) is 42.5 Å². The average Bonchev–Trinajstić information content (AvgIpc) is 2.67. The first-order valence-electron chi connectivity index (χ1n) is 8.79. The van der Waals surface area contributed by atoms with E-state index in [-0.39, 0.29) is 0 Å². The van der Waals surface area contributed by atoms with Crippen molar-refractivity contribution < 1.29 is 19.4 Å². The molecule has 25 heavy (non-hydrogen) atoms. The molecule has 0 spiro atoms. The highest BCUT2D eigenvalue weighted by molar-refractivity contribution is 5.81. The van der Waals surface area contributed by atoms with Crippen LogP contribution < -0.4 is 4.74 Å². The highest BCUT2D eigenvalue weighted by Crippen LogP contribution is 2.35. The van der Waals surface area contributed by atoms with Crippen molar-refractivity contribution >= 4 is 5.97 Å². The van der Waals surface area contributed by atoms with Crippen molar-refractivity contribution in [3.8, 4) is 5.75 Å². The van der Waals surface area contributed by atoms with E-state index in [1.807, 2.05) is 42.5 Å². The van der Waals surface area contributed by atoms with Crippen molar-refractivity contribution in [2.45, 2.75) is 31.1 Å². The van der Waals surface area contributed by atoms with E-state index in [2.05, 4.69) is 12.1 Å². The van der Waals surface area contributed by atoms with Crippen LogP contribution in [-0.4, -0.2) is 30.9 Å². The number of carboxylic acid groups (broad SMARTS) is 1. The number of aliphatic carboxylic acids is 1. The van der Waals surface area contributed by atoms with Crippen LogP contribution in [0.25, 0.3) is 0 Å². The molecule has 0 amide bonds. The summed E-state index contributed by atoms with van der Waals surface area (Å²) in [4.78, 5) is 11.8. The first-order chi connectivity index (χ1) is 12.2. The summed E-state index contributed by atoms with van der Waals surface area (Å²) >= 11 is 0. The van der Waals surface area contributed by atoms with Crippen LogP contribution >= 0.6 is 0 Å². The summed E-state index contributed by atoms with van der Waals surface area (Å²) < 4.78 is 11.1. The number of hydrogen-bond acceptors (Lipinski definition) is 3. The van der Waals surface area contributed by atoms with Crippen LogP contribution in [0, 0.1) is 0 Å². The van der Waals surface area contributed by atoms with E-state index in [0.717, 1.165) is 24.2 Å². The van der Waals surface area contributed by atoms with Crippen molar-refractivity contribution in [2.24, 2.45) is 0 Å². The maximum absolute atomic E-state index is 11.8. The molecule has 1 N–H and O–H groups in total. The Morgan fingerprint density at radius 3 is 2.36 bits per heavy atom. The Morgan fingerprint density at radius 2 is 1.72 bits per heavy atom. The molecule has 4 nitrogen and oxygen atoms in total. The molecule has 0 aliphatic carbocycles. The van der Waals surface area contributed by atoms with E-state index in [4.69, 9.17) is 9.47 Å². The fraction of sp³-hybridized carbons (Fsp3) is 0.381. The van der Waals surface area contributed by atoms with Gasteiger partial charge >= 0.3 is 5.97 Å². The first kappa shape index (κ1) is 17.5. The molecule has 0 aromatic heterocycles. The molecule has 2 aromatic rings. The summed E-state index contributed by atoms with van der Waals surface area (Å²) in [7, 11) is 0. The quantitative estimate of drug-likeness (QED) is 0.778. The number of carboxylic acids is 1. The molecule has 1 saturated heterocycles. The highest BCUT2D eigenvalue weighted by atomic mass is 16.5. The Balaban J connectivity index is 1.55. The van der Waals surface area contributed by atoms with Gasteiger partial charge in [-0.05, 0) is 48.9 Å². The molecular formula is C21H24O4. The summed E-state index contributed by atoms with van der Waals surface area (Å²) in [6, 6.07) is 17.9. The summed E-state index contributed by atoms with van der Waals surface area (Å²) in [6.07, 6.45) is 2.96. The summed E-state index contributed by atoms with van der Waals surface area (Å²) in [5, 5.41) is 9.71. The Labute approximate surface area is 148 Å². The number of hydrogen-bond donors (Lipinski definition) is 1. The average molecular weight is 340 g/mol. The lowest BCUT2D eigenvalue weighted by atomic mass is 9.74. The van der Waals surface area contributed by atoms with Crippen LogP contribution in [0.4, 0.5) is 0 Å². The van der Waals surface area contributed by atoms with Crippen LogP contribution in [0.2, 0.25) is 0 Å². The summed E-state index contributed by atoms with van der Waals surface area (Å²) in [6.45, 7) is 1.63. The van der Waals surface area contributed by atoms with Crippen molar-refractivity contribution in [1.29, 1.82) is 0 Å². The van der Waals surface area contributed by atoms with Gasteiger partial charge in [-0.2, -0.15) is 0 Å². The lowest BCUT2D eigenvalue weighted by Crippen LogP contribution is -2.41. The molecule has 2 aromatic carbocycles. The number of benzene rings is 2. The van der Waals surface area contributed by atoms with Gasteiger partial charge in [-0.3, -0.25) is 4.79 Å². The van der Waals surface area contributed by atoms with Gasteiger partial charge in [-0.15, -0.1) is 0 Å². The SMILES string of the molecule is O=C(O)C1(c2ccc(OCCCc3ccccc3)cc2)CCOCC1. The van der Waals surface area contributed by atoms with Crippen molar-refractivity contribution in [3.63, 3.8) is 0 Å². The number of aryl methyl sites for hydroxylation is 1. The Kier molecular flexibility index (Phi) is 5.71. The van der Waals surface area contributed by atoms with E-state index in [1.165, 1.54) is 5.56 Å². The van der Waals surface area contributed by atoms with E-state index >= 15 is 0 Å². The minimum atomic E-state index is -0.829. The largest absolute Gasteiger partial charge is 0.494 e. The maximum Gasteiger partial charge on any atom is 0.314 e. The third-order valence-corrected chi connectivity index (χ3v) is 4.88. The zero-order chi connectivity index (χ0) is 17.5. The predicted molar refractivity (Wildman–Crippen MR) is 96.1 cm³/mol. The Hall–Kier alpha value is -2.33. The number of rotatable bonds is 7. The van der Waals surface area contributed by atoms with Gasteiger partial charge in [0.05, 0.1) is 12.0 Å². The van der Waals surface area contributed by atoms with E-state index < -0.39 is 11.4 Å². The van der Waals surface area contributed by atoms with E-state index in [0.29, 0.717) is 32.7 Å². The van der Waals surface area contributed by atoms with Gasteiger partial charge in [0.25, 0.3) is 0 Å². The molecule has 132 valence electrons. The lowest BCUT2D eigenvalue weighted by molar-refractivity contribution is -0.147. The lowest BCUT2D eigenvalue weighted by Gasteiger charge is -2.33. The van der Waals surface area contributed by atoms with Gasteiger partial charge in [0, 0.05) is 13.2 Å². The molecular weight excluding hydrogens is 316 g/mol. The van der Waals surface area contributed by atoms with Crippen LogP contribution in [0.3, 0.4) is 0 Å². The van der Waals surface area contributed by atoms with Crippen molar-refractivity contribution in [3.05, 3.63) is 65.7 Å². The Bertz CT molecular complexity index is 673. The fourth-order valence-corrected chi connectivity index (χ4v) is 3.33. The third-order valence-electron chi connectivity index (χ3n) is 4.88. The zero-order valence-electron chi connectivity index (χ0n) is 14.3. The van der Waals surface area contributed by atoms with Crippen LogP contribution in [0.15, 0.2) is 54.6 Å². The van der Waals surface area contributed by atoms with Crippen LogP contribution in [0.1, 0.15) is 30.4 Å². The normalized spacial score (nSPS) is 16.3. The molecule has 1 aliphatic heterocycles. The molecule has 4 heteroatoms. The molecule has 1 heterocycles. The number of carbonyl (C=O) groups is 1. The predicted octanol–water partition coefficient (Wildman–Crippen LogP) is 3.83. The maximum atomic E-state index is 11.8. The second-order valence-corrected chi connectivity index (χ2v) is 6.46. The minimum absolute atomic E-state index is 0.490. The van der Waals surface area contributed by atoms with Crippen molar-refractivity contribution in [2.75, 3.05) is 19.8 Å². The second kappa shape index (κ2) is 8.17. The Morgan fingerprint density at radius 1 is 1.04 bits per heavy atom. The molecule has 0 radical (unpaired) electrons. The molecule has 0 unspecified atom stereocenters. The fourth-order valence-electron chi connectivity index (χ4n) is 3.33. The minimum Gasteiger partial charge on any atom is -0.494 e. The first-order valence-corrected chi connectivity index (χ1v) is 8.79. The monoisotopic (exact) mass is 340 g/mol. The molecule has 3 rings (SSSR count). The highest BCUT2D eigenvalue weighted by Gasteiger charge is 2.41. The molecule has 1 aliphatic rings. The number of ether oxygens (including phenoxy) is 2. The smallest absolute Gasteiger partial charge is 0.314 e.